The SMILES string of the molecule is Cl.Cl.O=C(NC1CN2CCC1CC2)c1cccc2oc(Nc3ccncc3)nc12. The number of hydrogen-bond donors (Lipinski definition) is 2. The summed E-state index contributed by atoms with van der Waals surface area (Å²) in [5.74, 6) is 0.502. The number of piperidine rings is 3. The van der Waals surface area contributed by atoms with Crippen LogP contribution in [0.1, 0.15) is 23.2 Å². The van der Waals surface area contributed by atoms with Gasteiger partial charge < -0.3 is 20.0 Å². The van der Waals surface area contributed by atoms with Crippen molar-refractivity contribution in [2.24, 2.45) is 5.92 Å². The molecule has 2 N–H and O–H groups in total. The standard InChI is InChI=1S/C20H21N5O2.2ClH/c26-19(23-16-12-25-10-6-13(16)7-11-25)15-2-1-3-17-18(15)24-20(27-17)22-14-4-8-21-9-5-14;;/h1-5,8-9,13,16H,6-7,10-12H2,(H,23,26)(H,21,22,24);2*1H. The number of pyridine rings is 1. The Morgan fingerprint density at radius 3 is 2.55 bits per heavy atom. The van der Waals surface area contributed by atoms with Crippen molar-refractivity contribution in [1.82, 2.24) is 20.2 Å². The minimum Gasteiger partial charge on any atom is -0.423 e. The number of aromatic nitrogens is 2. The number of fused-ring (bicyclic) bond motifs is 4. The number of hydrogen-bond acceptors (Lipinski definition) is 6. The van der Waals surface area contributed by atoms with Crippen molar-refractivity contribution < 1.29 is 9.21 Å². The fourth-order valence-corrected chi connectivity index (χ4v) is 4.12. The van der Waals surface area contributed by atoms with E-state index in [0.29, 0.717) is 28.6 Å². The Balaban J connectivity index is 0.00000120. The monoisotopic (exact) mass is 435 g/mol. The molecule has 0 radical (unpaired) electrons. The summed E-state index contributed by atoms with van der Waals surface area (Å²) in [5, 5.41) is 6.33. The van der Waals surface area contributed by atoms with E-state index in [2.05, 4.69) is 25.5 Å². The molecule has 2 aromatic heterocycles. The topological polar surface area (TPSA) is 83.3 Å². The third-order valence-electron chi connectivity index (χ3n) is 5.57. The first-order valence-corrected chi connectivity index (χ1v) is 9.36. The van der Waals surface area contributed by atoms with Crippen LogP contribution in [0.2, 0.25) is 0 Å². The number of rotatable bonds is 4. The molecule has 3 aliphatic heterocycles. The minimum atomic E-state index is -0.0805. The van der Waals surface area contributed by atoms with Gasteiger partial charge in [-0.3, -0.25) is 9.78 Å². The van der Waals surface area contributed by atoms with Gasteiger partial charge in [-0.2, -0.15) is 4.98 Å². The molecule has 29 heavy (non-hydrogen) atoms. The summed E-state index contributed by atoms with van der Waals surface area (Å²) in [5.41, 5.74) is 2.55. The normalized spacial score (nSPS) is 22.4. The Kier molecular flexibility index (Phi) is 6.62. The van der Waals surface area contributed by atoms with Crippen molar-refractivity contribution in [2.75, 3.05) is 25.0 Å². The zero-order valence-electron chi connectivity index (χ0n) is 15.7. The molecule has 7 nitrogen and oxygen atoms in total. The molecule has 9 heteroatoms. The van der Waals surface area contributed by atoms with E-state index in [-0.39, 0.29) is 36.8 Å². The average molecular weight is 436 g/mol. The number of amides is 1. The van der Waals surface area contributed by atoms with Crippen LogP contribution in [0.5, 0.6) is 0 Å². The van der Waals surface area contributed by atoms with Crippen molar-refractivity contribution in [3.63, 3.8) is 0 Å². The van der Waals surface area contributed by atoms with Gasteiger partial charge in [0.25, 0.3) is 11.9 Å². The van der Waals surface area contributed by atoms with E-state index in [1.165, 1.54) is 12.8 Å². The highest BCUT2D eigenvalue weighted by Gasteiger charge is 2.35. The molecule has 1 unspecified atom stereocenters. The Bertz CT molecular complexity index is 973. The predicted molar refractivity (Wildman–Crippen MR) is 116 cm³/mol. The van der Waals surface area contributed by atoms with E-state index in [1.54, 1.807) is 18.5 Å². The number of carbonyl (C=O) groups is 1. The number of oxazole rings is 1. The predicted octanol–water partition coefficient (Wildman–Crippen LogP) is 3.63. The van der Waals surface area contributed by atoms with Crippen LogP contribution in [0.15, 0.2) is 47.1 Å². The smallest absolute Gasteiger partial charge is 0.300 e. The van der Waals surface area contributed by atoms with Gasteiger partial charge in [0.1, 0.15) is 5.52 Å². The number of nitrogens with one attached hydrogen (secondary N) is 2. The molecule has 3 saturated heterocycles. The first-order chi connectivity index (χ1) is 13.3. The Morgan fingerprint density at radius 2 is 1.86 bits per heavy atom. The molecule has 0 aliphatic carbocycles. The van der Waals surface area contributed by atoms with E-state index in [4.69, 9.17) is 4.42 Å². The van der Waals surface area contributed by atoms with Crippen LogP contribution in [0.25, 0.3) is 11.1 Å². The molecule has 6 rings (SSSR count). The molecule has 0 spiro atoms. The molecule has 5 heterocycles. The summed E-state index contributed by atoms with van der Waals surface area (Å²) in [6, 6.07) is 9.69. The summed E-state index contributed by atoms with van der Waals surface area (Å²) < 4.78 is 5.77. The van der Waals surface area contributed by atoms with Gasteiger partial charge in [-0.15, -0.1) is 24.8 Å². The first-order valence-electron chi connectivity index (χ1n) is 9.36. The summed E-state index contributed by atoms with van der Waals surface area (Å²) in [7, 11) is 0. The summed E-state index contributed by atoms with van der Waals surface area (Å²) in [6.07, 6.45) is 5.72. The van der Waals surface area contributed by atoms with Crippen LogP contribution in [0, 0.1) is 5.92 Å². The van der Waals surface area contributed by atoms with Gasteiger partial charge in [-0.05, 0) is 56.1 Å². The second kappa shape index (κ2) is 8.98. The second-order valence-corrected chi connectivity index (χ2v) is 7.25. The highest BCUT2D eigenvalue weighted by Crippen LogP contribution is 2.29. The second-order valence-electron chi connectivity index (χ2n) is 7.25. The van der Waals surface area contributed by atoms with Crippen molar-refractivity contribution in [3.05, 3.63) is 48.3 Å². The third-order valence-corrected chi connectivity index (χ3v) is 5.57. The van der Waals surface area contributed by atoms with Crippen LogP contribution >= 0.6 is 24.8 Å². The molecule has 3 aliphatic rings. The molecule has 1 aromatic carbocycles. The fourth-order valence-electron chi connectivity index (χ4n) is 4.12. The van der Waals surface area contributed by atoms with E-state index < -0.39 is 0 Å². The van der Waals surface area contributed by atoms with Gasteiger partial charge in [0.2, 0.25) is 0 Å². The van der Waals surface area contributed by atoms with E-state index in [9.17, 15) is 4.79 Å². The number of para-hydroxylation sites is 1. The van der Waals surface area contributed by atoms with E-state index >= 15 is 0 Å². The van der Waals surface area contributed by atoms with Crippen molar-refractivity contribution in [3.8, 4) is 0 Å². The number of halogens is 2. The number of anilines is 2. The molecule has 1 atom stereocenters. The zero-order chi connectivity index (χ0) is 18.2. The fraction of sp³-hybridized carbons (Fsp3) is 0.350. The van der Waals surface area contributed by atoms with Gasteiger partial charge in [0.05, 0.1) is 5.56 Å². The van der Waals surface area contributed by atoms with Crippen molar-refractivity contribution in [2.45, 2.75) is 18.9 Å². The van der Waals surface area contributed by atoms with Gasteiger partial charge in [0.15, 0.2) is 5.58 Å². The van der Waals surface area contributed by atoms with Crippen LogP contribution in [0.3, 0.4) is 0 Å². The van der Waals surface area contributed by atoms with Crippen molar-refractivity contribution >= 4 is 53.5 Å². The van der Waals surface area contributed by atoms with Gasteiger partial charge in [-0.25, -0.2) is 0 Å². The highest BCUT2D eigenvalue weighted by atomic mass is 35.5. The average Bonchev–Trinajstić information content (AvgIpc) is 3.12. The first kappa shape index (κ1) is 21.4. The van der Waals surface area contributed by atoms with Crippen LogP contribution < -0.4 is 10.6 Å². The number of benzene rings is 1. The van der Waals surface area contributed by atoms with Gasteiger partial charge >= 0.3 is 0 Å². The summed E-state index contributed by atoms with van der Waals surface area (Å²) in [6.45, 7) is 3.25. The Hall–Kier alpha value is -2.35. The highest BCUT2D eigenvalue weighted by molar-refractivity contribution is 6.05. The van der Waals surface area contributed by atoms with Gasteiger partial charge in [-0.1, -0.05) is 6.07 Å². The lowest BCUT2D eigenvalue weighted by Gasteiger charge is -2.44. The molecule has 2 bridgehead atoms. The third kappa shape index (κ3) is 4.32. The maximum atomic E-state index is 12.9. The molecular formula is C20H23Cl2N5O2. The van der Waals surface area contributed by atoms with E-state index in [1.807, 2.05) is 24.3 Å². The summed E-state index contributed by atoms with van der Waals surface area (Å²) in [4.78, 5) is 23.9. The maximum absolute atomic E-state index is 12.9. The van der Waals surface area contributed by atoms with Crippen LogP contribution in [-0.4, -0.2) is 46.5 Å². The Labute approximate surface area is 181 Å². The molecule has 3 fully saturated rings. The lowest BCUT2D eigenvalue weighted by Crippen LogP contribution is -2.57. The molecule has 154 valence electrons. The lowest BCUT2D eigenvalue weighted by atomic mass is 9.84. The van der Waals surface area contributed by atoms with Crippen LogP contribution in [0.4, 0.5) is 11.7 Å². The van der Waals surface area contributed by atoms with Crippen LogP contribution in [-0.2, 0) is 0 Å². The molecule has 0 saturated carbocycles. The van der Waals surface area contributed by atoms with Gasteiger partial charge in [0, 0.05) is 30.7 Å². The minimum absolute atomic E-state index is 0. The Morgan fingerprint density at radius 1 is 1.10 bits per heavy atom. The zero-order valence-corrected chi connectivity index (χ0v) is 17.3. The lowest BCUT2D eigenvalue weighted by molar-refractivity contribution is 0.0621. The molecule has 3 aromatic rings. The van der Waals surface area contributed by atoms with Crippen molar-refractivity contribution in [1.29, 1.82) is 0 Å². The number of carbonyl (C=O) groups excluding carboxylic acids is 1. The largest absolute Gasteiger partial charge is 0.423 e. The summed E-state index contributed by atoms with van der Waals surface area (Å²) >= 11 is 0. The number of nitrogens with zero attached hydrogens (tertiary/aromatic N) is 3. The maximum Gasteiger partial charge on any atom is 0.300 e. The van der Waals surface area contributed by atoms with E-state index in [0.717, 1.165) is 25.3 Å². The quantitative estimate of drug-likeness (QED) is 0.650. The molecule has 1 amide bonds. The molecular weight excluding hydrogens is 413 g/mol.